The minimum Gasteiger partial charge on any atom is -0.349 e. The van der Waals surface area contributed by atoms with Gasteiger partial charge in [-0.1, -0.05) is 42.0 Å². The summed E-state index contributed by atoms with van der Waals surface area (Å²) in [4.78, 5) is 16.2. The van der Waals surface area contributed by atoms with Crippen LogP contribution in [0.15, 0.2) is 67.3 Å². The van der Waals surface area contributed by atoms with Gasteiger partial charge in [0.1, 0.15) is 0 Å². The molecule has 1 unspecified atom stereocenters. The van der Waals surface area contributed by atoms with Crippen molar-refractivity contribution in [3.63, 3.8) is 0 Å². The molecule has 1 amide bonds. The fraction of sp³-hybridized carbons (Fsp3) is 0.238. The van der Waals surface area contributed by atoms with Crippen molar-refractivity contribution >= 4 is 17.7 Å². The maximum Gasteiger partial charge on any atom is 0.230 e. The first-order valence-electron chi connectivity index (χ1n) is 8.63. The molecule has 0 saturated carbocycles. The number of imidazole rings is 1. The molecule has 1 N–H and O–H groups in total. The molecule has 0 fully saturated rings. The fourth-order valence-corrected chi connectivity index (χ4v) is 3.46. The average Bonchev–Trinajstić information content (AvgIpc) is 3.18. The third kappa shape index (κ3) is 4.99. The minimum atomic E-state index is -0.0145. The Balaban J connectivity index is 1.47. The number of nitrogens with zero attached hydrogens (tertiary/aromatic N) is 2. The van der Waals surface area contributed by atoms with Gasteiger partial charge >= 0.3 is 0 Å². The number of carbonyl (C=O) groups is 1. The normalized spacial score (nSPS) is 11.9. The highest BCUT2D eigenvalue weighted by atomic mass is 32.2. The lowest BCUT2D eigenvalue weighted by atomic mass is 10.1. The van der Waals surface area contributed by atoms with Crippen LogP contribution in [0.3, 0.4) is 0 Å². The second kappa shape index (κ2) is 8.72. The molecule has 0 aliphatic carbocycles. The van der Waals surface area contributed by atoms with Crippen molar-refractivity contribution < 1.29 is 4.79 Å². The highest BCUT2D eigenvalue weighted by Crippen LogP contribution is 2.17. The maximum atomic E-state index is 12.2. The van der Waals surface area contributed by atoms with Crippen LogP contribution in [0, 0.1) is 6.92 Å². The van der Waals surface area contributed by atoms with Crippen LogP contribution < -0.4 is 5.32 Å². The molecule has 1 aromatic heterocycles. The molecule has 2 aromatic carbocycles. The van der Waals surface area contributed by atoms with E-state index < -0.39 is 0 Å². The standard InChI is InChI=1S/C21H23N3OS/c1-16-3-5-18(6-4-16)13-26-14-21(25)23-17(2)19-7-9-20(10-8-19)24-12-11-22-15-24/h3-12,15,17H,13-14H2,1-2H3,(H,23,25). The van der Waals surface area contributed by atoms with Crippen LogP contribution in [0.2, 0.25) is 0 Å². The zero-order valence-corrected chi connectivity index (χ0v) is 15.9. The molecule has 0 spiro atoms. The van der Waals surface area contributed by atoms with Gasteiger partial charge in [-0.05, 0) is 37.1 Å². The van der Waals surface area contributed by atoms with Crippen LogP contribution in [-0.4, -0.2) is 21.2 Å². The van der Waals surface area contributed by atoms with Crippen molar-refractivity contribution in [3.8, 4) is 5.69 Å². The molecule has 0 radical (unpaired) electrons. The van der Waals surface area contributed by atoms with Crippen molar-refractivity contribution in [2.75, 3.05) is 5.75 Å². The van der Waals surface area contributed by atoms with Crippen molar-refractivity contribution in [1.82, 2.24) is 14.9 Å². The van der Waals surface area contributed by atoms with Gasteiger partial charge in [0.05, 0.1) is 18.1 Å². The van der Waals surface area contributed by atoms with Gasteiger partial charge in [0.25, 0.3) is 0 Å². The largest absolute Gasteiger partial charge is 0.349 e. The molecular weight excluding hydrogens is 342 g/mol. The van der Waals surface area contributed by atoms with E-state index in [1.54, 1.807) is 24.3 Å². The second-order valence-corrected chi connectivity index (χ2v) is 7.31. The van der Waals surface area contributed by atoms with Gasteiger partial charge in [-0.25, -0.2) is 4.98 Å². The summed E-state index contributed by atoms with van der Waals surface area (Å²) in [7, 11) is 0. The Morgan fingerprint density at radius 3 is 2.54 bits per heavy atom. The van der Waals surface area contributed by atoms with Crippen molar-refractivity contribution in [2.24, 2.45) is 0 Å². The van der Waals surface area contributed by atoms with E-state index in [2.05, 4.69) is 41.5 Å². The number of carbonyl (C=O) groups excluding carboxylic acids is 1. The Morgan fingerprint density at radius 1 is 1.15 bits per heavy atom. The van der Waals surface area contributed by atoms with Gasteiger partial charge in [0.15, 0.2) is 0 Å². The molecule has 134 valence electrons. The molecule has 0 bridgehead atoms. The fourth-order valence-electron chi connectivity index (χ4n) is 2.66. The third-order valence-electron chi connectivity index (χ3n) is 4.20. The monoisotopic (exact) mass is 365 g/mol. The number of aromatic nitrogens is 2. The summed E-state index contributed by atoms with van der Waals surface area (Å²) in [6.45, 7) is 4.09. The van der Waals surface area contributed by atoms with E-state index in [4.69, 9.17) is 0 Å². The van der Waals surface area contributed by atoms with E-state index >= 15 is 0 Å². The van der Waals surface area contributed by atoms with Crippen molar-refractivity contribution in [3.05, 3.63) is 83.9 Å². The number of nitrogens with one attached hydrogen (secondary N) is 1. The number of hydrogen-bond donors (Lipinski definition) is 1. The highest BCUT2D eigenvalue weighted by Gasteiger charge is 2.10. The Morgan fingerprint density at radius 2 is 1.88 bits per heavy atom. The highest BCUT2D eigenvalue weighted by molar-refractivity contribution is 7.99. The van der Waals surface area contributed by atoms with Gasteiger partial charge < -0.3 is 9.88 Å². The molecule has 26 heavy (non-hydrogen) atoms. The van der Waals surface area contributed by atoms with Crippen LogP contribution in [0.1, 0.15) is 29.7 Å². The van der Waals surface area contributed by atoms with Crippen molar-refractivity contribution in [2.45, 2.75) is 25.6 Å². The number of amides is 1. The van der Waals surface area contributed by atoms with E-state index in [9.17, 15) is 4.79 Å². The Bertz CT molecular complexity index is 827. The molecule has 0 aliphatic rings. The molecular formula is C21H23N3OS. The summed E-state index contributed by atoms with van der Waals surface area (Å²) >= 11 is 1.64. The number of hydrogen-bond acceptors (Lipinski definition) is 3. The minimum absolute atomic E-state index is 0.0145. The number of rotatable bonds is 7. The van der Waals surface area contributed by atoms with Gasteiger partial charge in [0.2, 0.25) is 5.91 Å². The van der Waals surface area contributed by atoms with Gasteiger partial charge in [-0.2, -0.15) is 0 Å². The number of aryl methyl sites for hydroxylation is 1. The Kier molecular flexibility index (Phi) is 6.12. The van der Waals surface area contributed by atoms with Gasteiger partial charge in [-0.15, -0.1) is 11.8 Å². The molecule has 1 atom stereocenters. The summed E-state index contributed by atoms with van der Waals surface area (Å²) in [6.07, 6.45) is 5.43. The van der Waals surface area contributed by atoms with E-state index in [-0.39, 0.29) is 11.9 Å². The Hall–Kier alpha value is -2.53. The first kappa shape index (κ1) is 18.3. The van der Waals surface area contributed by atoms with Crippen LogP contribution in [0.5, 0.6) is 0 Å². The predicted molar refractivity (Wildman–Crippen MR) is 107 cm³/mol. The van der Waals surface area contributed by atoms with Gasteiger partial charge in [-0.3, -0.25) is 4.79 Å². The third-order valence-corrected chi connectivity index (χ3v) is 5.20. The van der Waals surface area contributed by atoms with Gasteiger partial charge in [0, 0.05) is 23.8 Å². The molecule has 4 nitrogen and oxygen atoms in total. The molecule has 3 aromatic rings. The lowest BCUT2D eigenvalue weighted by Crippen LogP contribution is -2.28. The molecule has 5 heteroatoms. The summed E-state index contributed by atoms with van der Waals surface area (Å²) in [6, 6.07) is 16.6. The van der Waals surface area contributed by atoms with Crippen LogP contribution in [0.25, 0.3) is 5.69 Å². The molecule has 1 heterocycles. The summed E-state index contributed by atoms with van der Waals surface area (Å²) in [5, 5.41) is 3.07. The zero-order chi connectivity index (χ0) is 18.4. The lowest BCUT2D eigenvalue weighted by molar-refractivity contribution is -0.119. The SMILES string of the molecule is Cc1ccc(CSCC(=O)NC(C)c2ccc(-n3ccnc3)cc2)cc1. The van der Waals surface area contributed by atoms with Crippen LogP contribution >= 0.6 is 11.8 Å². The molecule has 3 rings (SSSR count). The predicted octanol–water partition coefficient (Wildman–Crippen LogP) is 4.29. The van der Waals surface area contributed by atoms with E-state index in [0.29, 0.717) is 5.75 Å². The van der Waals surface area contributed by atoms with E-state index in [1.807, 2.05) is 42.0 Å². The summed E-state index contributed by atoms with van der Waals surface area (Å²) in [5.74, 6) is 1.38. The first-order valence-corrected chi connectivity index (χ1v) is 9.78. The summed E-state index contributed by atoms with van der Waals surface area (Å²) in [5.41, 5.74) is 4.64. The first-order chi connectivity index (χ1) is 12.6. The summed E-state index contributed by atoms with van der Waals surface area (Å²) < 4.78 is 1.95. The number of thioether (sulfide) groups is 1. The lowest BCUT2D eigenvalue weighted by Gasteiger charge is -2.15. The zero-order valence-electron chi connectivity index (χ0n) is 15.1. The van der Waals surface area contributed by atoms with Crippen LogP contribution in [-0.2, 0) is 10.5 Å². The van der Waals surface area contributed by atoms with E-state index in [1.165, 1.54) is 11.1 Å². The van der Waals surface area contributed by atoms with Crippen molar-refractivity contribution in [1.29, 1.82) is 0 Å². The van der Waals surface area contributed by atoms with Crippen LogP contribution in [0.4, 0.5) is 0 Å². The average molecular weight is 366 g/mol. The smallest absolute Gasteiger partial charge is 0.230 e. The quantitative estimate of drug-likeness (QED) is 0.679. The molecule has 0 aliphatic heterocycles. The molecule has 0 saturated heterocycles. The Labute approximate surface area is 158 Å². The van der Waals surface area contributed by atoms with E-state index in [0.717, 1.165) is 17.0 Å². The number of benzene rings is 2. The second-order valence-electron chi connectivity index (χ2n) is 6.33. The maximum absolute atomic E-state index is 12.2. The topological polar surface area (TPSA) is 46.9 Å².